The highest BCUT2D eigenvalue weighted by Gasteiger charge is 2.10. The van der Waals surface area contributed by atoms with Crippen LogP contribution in [0.3, 0.4) is 0 Å². The smallest absolute Gasteiger partial charge is 0.315 e. The molecule has 0 aliphatic carbocycles. The first kappa shape index (κ1) is 14.6. The molecule has 2 aromatic rings. The third-order valence-electron chi connectivity index (χ3n) is 2.71. The van der Waals surface area contributed by atoms with Crippen molar-refractivity contribution < 1.29 is 9.15 Å². The lowest BCUT2D eigenvalue weighted by molar-refractivity contribution is 0.410. The second kappa shape index (κ2) is 7.12. The van der Waals surface area contributed by atoms with E-state index in [1.165, 1.54) is 0 Å². The lowest BCUT2D eigenvalue weighted by Crippen LogP contribution is -2.11. The lowest BCUT2D eigenvalue weighted by Gasteiger charge is -2.09. The Balaban J connectivity index is 2.00. The number of benzene rings is 1. The molecule has 1 aromatic carbocycles. The minimum atomic E-state index is 0.361. The molecule has 0 saturated heterocycles. The van der Waals surface area contributed by atoms with Crippen LogP contribution in [-0.4, -0.2) is 23.9 Å². The van der Waals surface area contributed by atoms with Crippen LogP contribution in [-0.2, 0) is 13.1 Å². The molecule has 0 atom stereocenters. The molecule has 0 aliphatic heterocycles. The Kier molecular flexibility index (Phi) is 5.20. The fourth-order valence-corrected chi connectivity index (χ4v) is 1.93. The van der Waals surface area contributed by atoms with Gasteiger partial charge in [0.1, 0.15) is 5.75 Å². The molecule has 0 unspecified atom stereocenters. The highest BCUT2D eigenvalue weighted by Crippen LogP contribution is 2.26. The molecule has 7 heteroatoms. The van der Waals surface area contributed by atoms with Gasteiger partial charge in [-0.15, -0.1) is 5.10 Å². The molecule has 6 nitrogen and oxygen atoms in total. The van der Waals surface area contributed by atoms with Crippen LogP contribution in [0.25, 0.3) is 0 Å². The molecule has 0 amide bonds. The van der Waals surface area contributed by atoms with Crippen molar-refractivity contribution >= 4 is 17.6 Å². The van der Waals surface area contributed by atoms with Crippen LogP contribution in [0.15, 0.2) is 22.6 Å². The molecule has 0 fully saturated rings. The van der Waals surface area contributed by atoms with Crippen LogP contribution in [0.2, 0.25) is 5.02 Å². The predicted molar refractivity (Wildman–Crippen MR) is 77.0 cm³/mol. The summed E-state index contributed by atoms with van der Waals surface area (Å²) in [5.74, 6) is 1.26. The van der Waals surface area contributed by atoms with Crippen molar-refractivity contribution in [3.63, 3.8) is 0 Å². The molecule has 20 heavy (non-hydrogen) atoms. The van der Waals surface area contributed by atoms with Gasteiger partial charge in [-0.3, -0.25) is 0 Å². The van der Waals surface area contributed by atoms with Gasteiger partial charge < -0.3 is 19.8 Å². The van der Waals surface area contributed by atoms with Crippen LogP contribution < -0.4 is 15.4 Å². The maximum atomic E-state index is 6.15. The van der Waals surface area contributed by atoms with Gasteiger partial charge in [0.2, 0.25) is 5.89 Å². The number of rotatable bonds is 7. The first-order chi connectivity index (χ1) is 9.74. The number of hydrogen-bond acceptors (Lipinski definition) is 6. The standard InChI is InChI=1S/C13H17ClN4O2/c1-3-15-8-12-17-18-13(20-12)16-7-9-10(14)5-4-6-11(9)19-2/h4-6,15H,3,7-8H2,1-2H3,(H,16,18). The van der Waals surface area contributed by atoms with Gasteiger partial charge in [0.25, 0.3) is 0 Å². The summed E-state index contributed by atoms with van der Waals surface area (Å²) in [6.07, 6.45) is 0. The van der Waals surface area contributed by atoms with Crippen molar-refractivity contribution in [3.05, 3.63) is 34.7 Å². The first-order valence-corrected chi connectivity index (χ1v) is 6.70. The summed E-state index contributed by atoms with van der Waals surface area (Å²) in [5, 5.41) is 14.6. The second-order valence-electron chi connectivity index (χ2n) is 4.06. The van der Waals surface area contributed by atoms with Crippen molar-refractivity contribution in [2.75, 3.05) is 19.0 Å². The van der Waals surface area contributed by atoms with Crippen molar-refractivity contribution in [1.82, 2.24) is 15.5 Å². The topological polar surface area (TPSA) is 72.2 Å². The number of methoxy groups -OCH3 is 1. The third kappa shape index (κ3) is 3.61. The molecule has 0 bridgehead atoms. The van der Waals surface area contributed by atoms with Gasteiger partial charge in [-0.2, -0.15) is 0 Å². The van der Waals surface area contributed by atoms with Crippen molar-refractivity contribution in [2.45, 2.75) is 20.0 Å². The Morgan fingerprint density at radius 2 is 2.15 bits per heavy atom. The average Bonchev–Trinajstić information content (AvgIpc) is 2.91. The molecule has 2 rings (SSSR count). The zero-order chi connectivity index (χ0) is 14.4. The maximum absolute atomic E-state index is 6.15. The molecular weight excluding hydrogens is 280 g/mol. The van der Waals surface area contributed by atoms with Gasteiger partial charge in [0.15, 0.2) is 0 Å². The molecule has 2 N–H and O–H groups in total. The second-order valence-corrected chi connectivity index (χ2v) is 4.46. The van der Waals surface area contributed by atoms with E-state index >= 15 is 0 Å². The molecule has 0 spiro atoms. The van der Waals surface area contributed by atoms with Crippen LogP contribution >= 0.6 is 11.6 Å². The Bertz CT molecular complexity index is 559. The number of halogens is 1. The minimum absolute atomic E-state index is 0.361. The summed E-state index contributed by atoms with van der Waals surface area (Å²) < 4.78 is 10.7. The van der Waals surface area contributed by atoms with E-state index in [1.807, 2.05) is 25.1 Å². The quantitative estimate of drug-likeness (QED) is 0.818. The van der Waals surface area contributed by atoms with Gasteiger partial charge in [-0.1, -0.05) is 29.7 Å². The minimum Gasteiger partial charge on any atom is -0.496 e. The summed E-state index contributed by atoms with van der Waals surface area (Å²) in [7, 11) is 1.61. The molecular formula is C13H17ClN4O2. The fraction of sp³-hybridized carbons (Fsp3) is 0.385. The summed E-state index contributed by atoms with van der Waals surface area (Å²) in [6.45, 7) is 3.87. The number of nitrogens with one attached hydrogen (secondary N) is 2. The molecule has 108 valence electrons. The van der Waals surface area contributed by atoms with E-state index < -0.39 is 0 Å². The number of hydrogen-bond donors (Lipinski definition) is 2. The Labute approximate surface area is 122 Å². The zero-order valence-corrected chi connectivity index (χ0v) is 12.2. The molecule has 1 heterocycles. The highest BCUT2D eigenvalue weighted by atomic mass is 35.5. The molecule has 0 saturated carbocycles. The van der Waals surface area contributed by atoms with E-state index in [1.54, 1.807) is 7.11 Å². The van der Waals surface area contributed by atoms with Crippen molar-refractivity contribution in [1.29, 1.82) is 0 Å². The fourth-order valence-electron chi connectivity index (χ4n) is 1.69. The van der Waals surface area contributed by atoms with E-state index in [0.29, 0.717) is 30.0 Å². The van der Waals surface area contributed by atoms with Crippen LogP contribution in [0.1, 0.15) is 18.4 Å². The van der Waals surface area contributed by atoms with Crippen LogP contribution in [0, 0.1) is 0 Å². The Hall–Kier alpha value is -1.79. The first-order valence-electron chi connectivity index (χ1n) is 6.33. The number of nitrogens with zero attached hydrogens (tertiary/aromatic N) is 2. The maximum Gasteiger partial charge on any atom is 0.315 e. The van der Waals surface area contributed by atoms with Crippen molar-refractivity contribution in [3.8, 4) is 5.75 Å². The van der Waals surface area contributed by atoms with Gasteiger partial charge in [-0.05, 0) is 18.7 Å². The van der Waals surface area contributed by atoms with E-state index in [-0.39, 0.29) is 0 Å². The number of aromatic nitrogens is 2. The van der Waals surface area contributed by atoms with E-state index in [0.717, 1.165) is 17.9 Å². The van der Waals surface area contributed by atoms with E-state index in [2.05, 4.69) is 20.8 Å². The largest absolute Gasteiger partial charge is 0.496 e. The van der Waals surface area contributed by atoms with Gasteiger partial charge in [0.05, 0.1) is 13.7 Å². The monoisotopic (exact) mass is 296 g/mol. The molecule has 0 aliphatic rings. The normalized spacial score (nSPS) is 10.6. The summed E-state index contributed by atoms with van der Waals surface area (Å²) in [6, 6.07) is 5.87. The summed E-state index contributed by atoms with van der Waals surface area (Å²) >= 11 is 6.15. The van der Waals surface area contributed by atoms with Crippen LogP contribution in [0.5, 0.6) is 5.75 Å². The molecule has 0 radical (unpaired) electrons. The van der Waals surface area contributed by atoms with Gasteiger partial charge in [0, 0.05) is 17.1 Å². The average molecular weight is 297 g/mol. The van der Waals surface area contributed by atoms with Crippen LogP contribution in [0.4, 0.5) is 6.01 Å². The SMILES string of the molecule is CCNCc1nnc(NCc2c(Cl)cccc2OC)o1. The summed E-state index contributed by atoms with van der Waals surface area (Å²) in [5.41, 5.74) is 0.850. The van der Waals surface area contributed by atoms with Gasteiger partial charge >= 0.3 is 6.01 Å². The third-order valence-corrected chi connectivity index (χ3v) is 3.06. The Morgan fingerprint density at radius 3 is 2.90 bits per heavy atom. The van der Waals surface area contributed by atoms with Gasteiger partial charge in [-0.25, -0.2) is 0 Å². The Morgan fingerprint density at radius 1 is 1.30 bits per heavy atom. The lowest BCUT2D eigenvalue weighted by atomic mass is 10.2. The van der Waals surface area contributed by atoms with E-state index in [9.17, 15) is 0 Å². The van der Waals surface area contributed by atoms with E-state index in [4.69, 9.17) is 20.8 Å². The predicted octanol–water partition coefficient (Wildman–Crippen LogP) is 2.45. The number of anilines is 1. The highest BCUT2D eigenvalue weighted by molar-refractivity contribution is 6.31. The molecule has 1 aromatic heterocycles. The summed E-state index contributed by atoms with van der Waals surface area (Å²) in [4.78, 5) is 0. The van der Waals surface area contributed by atoms with Crippen molar-refractivity contribution in [2.24, 2.45) is 0 Å². The number of ether oxygens (including phenoxy) is 1. The zero-order valence-electron chi connectivity index (χ0n) is 11.4.